The Bertz CT molecular complexity index is 563. The highest BCUT2D eigenvalue weighted by atomic mass is 32.2. The van der Waals surface area contributed by atoms with Crippen molar-refractivity contribution in [2.75, 3.05) is 13.6 Å². The van der Waals surface area contributed by atoms with E-state index in [4.69, 9.17) is 5.73 Å². The van der Waals surface area contributed by atoms with Gasteiger partial charge in [-0.05, 0) is 31.9 Å². The van der Waals surface area contributed by atoms with Crippen LogP contribution in [0.4, 0.5) is 0 Å². The van der Waals surface area contributed by atoms with Crippen molar-refractivity contribution in [1.82, 2.24) is 10.0 Å². The van der Waals surface area contributed by atoms with E-state index < -0.39 is 10.0 Å². The van der Waals surface area contributed by atoms with Gasteiger partial charge in [-0.2, -0.15) is 0 Å². The molecule has 8 heteroatoms. The smallest absolute Gasteiger partial charge is 0.261 e. The van der Waals surface area contributed by atoms with Crippen LogP contribution < -0.4 is 15.8 Å². The molecule has 6 nitrogen and oxygen atoms in total. The van der Waals surface area contributed by atoms with E-state index in [1.54, 1.807) is 0 Å². The third-order valence-corrected chi connectivity index (χ3v) is 5.58. The van der Waals surface area contributed by atoms with E-state index in [9.17, 15) is 13.2 Å². The molecule has 4 N–H and O–H groups in total. The fourth-order valence-corrected chi connectivity index (χ4v) is 3.61. The lowest BCUT2D eigenvalue weighted by molar-refractivity contribution is 0.0954. The first-order valence-corrected chi connectivity index (χ1v) is 8.36. The summed E-state index contributed by atoms with van der Waals surface area (Å²) in [6, 6.07) is 1.36. The zero-order valence-electron chi connectivity index (χ0n) is 10.5. The third-order valence-electron chi connectivity index (χ3n) is 3.10. The summed E-state index contributed by atoms with van der Waals surface area (Å²) in [5.41, 5.74) is 5.88. The summed E-state index contributed by atoms with van der Waals surface area (Å²) < 4.78 is 25.3. The van der Waals surface area contributed by atoms with E-state index in [-0.39, 0.29) is 16.8 Å². The Kier molecular flexibility index (Phi) is 4.24. The number of carbonyl (C=O) groups is 1. The molecule has 1 atom stereocenters. The number of rotatable bonds is 6. The molecule has 0 aromatic carbocycles. The maximum Gasteiger partial charge on any atom is 0.261 e. The predicted octanol–water partition coefficient (Wildman–Crippen LogP) is 0.123. The summed E-state index contributed by atoms with van der Waals surface area (Å²) >= 11 is 1.10. The Hall–Kier alpha value is -0.960. The maximum absolute atomic E-state index is 11.8. The van der Waals surface area contributed by atoms with Crippen molar-refractivity contribution in [2.45, 2.75) is 23.8 Å². The number of hydrogen-bond acceptors (Lipinski definition) is 5. The van der Waals surface area contributed by atoms with E-state index in [0.29, 0.717) is 17.3 Å². The Morgan fingerprint density at radius 2 is 2.26 bits per heavy atom. The normalized spacial score (nSPS) is 17.2. The van der Waals surface area contributed by atoms with Gasteiger partial charge in [0.1, 0.15) is 0 Å². The molecule has 1 unspecified atom stereocenters. The fourth-order valence-electron chi connectivity index (χ4n) is 1.69. The molecule has 1 aromatic heterocycles. The second-order valence-electron chi connectivity index (χ2n) is 4.57. The summed E-state index contributed by atoms with van der Waals surface area (Å²) in [4.78, 5) is 12.3. The summed E-state index contributed by atoms with van der Waals surface area (Å²) in [5, 5.41) is 4.18. The molecule has 0 spiro atoms. The minimum absolute atomic E-state index is 0.00979. The predicted molar refractivity (Wildman–Crippen MR) is 73.6 cm³/mol. The molecule has 1 aromatic rings. The summed E-state index contributed by atoms with van der Waals surface area (Å²) in [5.74, 6) is 0.238. The summed E-state index contributed by atoms with van der Waals surface area (Å²) in [6.45, 7) is 0.426. The van der Waals surface area contributed by atoms with Gasteiger partial charge in [0.25, 0.3) is 5.91 Å². The molecule has 2 rings (SSSR count). The van der Waals surface area contributed by atoms with E-state index in [1.165, 1.54) is 18.5 Å². The molecular formula is C11H17N3O3S2. The monoisotopic (exact) mass is 303 g/mol. The third kappa shape index (κ3) is 3.53. The number of amides is 1. The number of carbonyl (C=O) groups excluding carboxylic acids is 1. The van der Waals surface area contributed by atoms with Crippen LogP contribution in [0.3, 0.4) is 0 Å². The number of thiophene rings is 1. The standard InChI is InChI=1S/C11H17N3O3S2/c1-13-19(16,17)8-4-10(18-6-8)11(15)14-5-9(12)7-2-3-7/h4,6-7,9,13H,2-3,5,12H2,1H3,(H,14,15). The van der Waals surface area contributed by atoms with Crippen LogP contribution in [0.5, 0.6) is 0 Å². The highest BCUT2D eigenvalue weighted by Crippen LogP contribution is 2.31. The van der Waals surface area contributed by atoms with Crippen LogP contribution in [0.15, 0.2) is 16.3 Å². The molecule has 1 saturated carbocycles. The number of nitrogens with one attached hydrogen (secondary N) is 2. The van der Waals surface area contributed by atoms with Gasteiger partial charge in [-0.3, -0.25) is 4.79 Å². The average Bonchev–Trinajstić information content (AvgIpc) is 3.12. The van der Waals surface area contributed by atoms with Gasteiger partial charge in [-0.1, -0.05) is 0 Å². The molecule has 0 aliphatic heterocycles. The van der Waals surface area contributed by atoms with Crippen molar-refractivity contribution in [3.05, 3.63) is 16.3 Å². The van der Waals surface area contributed by atoms with Gasteiger partial charge >= 0.3 is 0 Å². The molecule has 0 bridgehead atoms. The van der Waals surface area contributed by atoms with Gasteiger partial charge in [0.15, 0.2) is 0 Å². The largest absolute Gasteiger partial charge is 0.350 e. The van der Waals surface area contributed by atoms with E-state index >= 15 is 0 Å². The van der Waals surface area contributed by atoms with E-state index in [0.717, 1.165) is 24.2 Å². The number of hydrogen-bond donors (Lipinski definition) is 3. The zero-order valence-corrected chi connectivity index (χ0v) is 12.2. The molecular weight excluding hydrogens is 286 g/mol. The molecule has 19 heavy (non-hydrogen) atoms. The second-order valence-corrected chi connectivity index (χ2v) is 7.36. The Morgan fingerprint density at radius 3 is 2.84 bits per heavy atom. The van der Waals surface area contributed by atoms with Crippen LogP contribution in [0.2, 0.25) is 0 Å². The summed E-state index contributed by atoms with van der Waals surface area (Å²) in [6.07, 6.45) is 2.25. The van der Waals surface area contributed by atoms with Crippen LogP contribution >= 0.6 is 11.3 Å². The topological polar surface area (TPSA) is 101 Å². The maximum atomic E-state index is 11.8. The van der Waals surface area contributed by atoms with Gasteiger partial charge in [0.2, 0.25) is 10.0 Å². The molecule has 1 heterocycles. The van der Waals surface area contributed by atoms with Crippen molar-refractivity contribution in [3.8, 4) is 0 Å². The molecule has 106 valence electrons. The number of nitrogens with two attached hydrogens (primary N) is 1. The van der Waals surface area contributed by atoms with Gasteiger partial charge in [-0.25, -0.2) is 13.1 Å². The molecule has 1 aliphatic carbocycles. The van der Waals surface area contributed by atoms with E-state index in [1.807, 2.05) is 0 Å². The first-order chi connectivity index (χ1) is 8.94. The fraction of sp³-hybridized carbons (Fsp3) is 0.545. The van der Waals surface area contributed by atoms with Crippen LogP contribution in [-0.2, 0) is 10.0 Å². The van der Waals surface area contributed by atoms with Crippen molar-refractivity contribution in [2.24, 2.45) is 11.7 Å². The van der Waals surface area contributed by atoms with Crippen molar-refractivity contribution >= 4 is 27.3 Å². The first kappa shape index (κ1) is 14.4. The summed E-state index contributed by atoms with van der Waals surface area (Å²) in [7, 11) is -2.16. The quantitative estimate of drug-likeness (QED) is 0.695. The lowest BCUT2D eigenvalue weighted by Gasteiger charge is -2.10. The minimum Gasteiger partial charge on any atom is -0.350 e. The highest BCUT2D eigenvalue weighted by Gasteiger charge is 2.28. The Balaban J connectivity index is 1.96. The lowest BCUT2D eigenvalue weighted by Crippen LogP contribution is -2.38. The Morgan fingerprint density at radius 1 is 1.58 bits per heavy atom. The second kappa shape index (κ2) is 5.58. The molecule has 0 saturated heterocycles. The molecule has 1 aliphatic rings. The Labute approximate surface area is 116 Å². The minimum atomic E-state index is -3.49. The first-order valence-electron chi connectivity index (χ1n) is 6.00. The van der Waals surface area contributed by atoms with Crippen LogP contribution in [0.25, 0.3) is 0 Å². The van der Waals surface area contributed by atoms with Crippen molar-refractivity contribution < 1.29 is 13.2 Å². The molecule has 0 radical (unpaired) electrons. The van der Waals surface area contributed by atoms with Crippen LogP contribution in [-0.4, -0.2) is 34.0 Å². The number of sulfonamides is 1. The van der Waals surface area contributed by atoms with Crippen molar-refractivity contribution in [3.63, 3.8) is 0 Å². The van der Waals surface area contributed by atoms with Crippen LogP contribution in [0.1, 0.15) is 22.5 Å². The van der Waals surface area contributed by atoms with Gasteiger partial charge in [-0.15, -0.1) is 11.3 Å². The van der Waals surface area contributed by atoms with Crippen molar-refractivity contribution in [1.29, 1.82) is 0 Å². The van der Waals surface area contributed by atoms with Crippen LogP contribution in [0, 0.1) is 5.92 Å². The van der Waals surface area contributed by atoms with Gasteiger partial charge in [0, 0.05) is 18.0 Å². The zero-order chi connectivity index (χ0) is 14.0. The molecule has 1 fully saturated rings. The lowest BCUT2D eigenvalue weighted by atomic mass is 10.2. The van der Waals surface area contributed by atoms with E-state index in [2.05, 4.69) is 10.0 Å². The average molecular weight is 303 g/mol. The van der Waals surface area contributed by atoms with Gasteiger partial charge < -0.3 is 11.1 Å². The SMILES string of the molecule is CNS(=O)(=O)c1csc(C(=O)NCC(N)C2CC2)c1. The molecule has 1 amide bonds. The van der Waals surface area contributed by atoms with Gasteiger partial charge in [0.05, 0.1) is 9.77 Å². The highest BCUT2D eigenvalue weighted by molar-refractivity contribution is 7.89.